The maximum atomic E-state index is 12.0. The van der Waals surface area contributed by atoms with E-state index < -0.39 is 5.54 Å². The summed E-state index contributed by atoms with van der Waals surface area (Å²) in [5.41, 5.74) is -0.669. The van der Waals surface area contributed by atoms with Gasteiger partial charge in [-0.05, 0) is 19.9 Å². The van der Waals surface area contributed by atoms with Gasteiger partial charge in [-0.25, -0.2) is 0 Å². The van der Waals surface area contributed by atoms with Crippen molar-refractivity contribution in [1.29, 1.82) is 0 Å². The Kier molecular flexibility index (Phi) is 2.97. The topological polar surface area (TPSA) is 67.2 Å². The van der Waals surface area contributed by atoms with Gasteiger partial charge in [0.1, 0.15) is 0 Å². The minimum Gasteiger partial charge on any atom is -0.295 e. The molecule has 1 aliphatic heterocycles. The Morgan fingerprint density at radius 2 is 2.18 bits per heavy atom. The van der Waals surface area contributed by atoms with E-state index in [4.69, 9.17) is 0 Å². The monoisotopic (exact) mass is 236 g/mol. The number of amides is 2. The number of carbonyl (C=O) groups excluding carboxylic acids is 2. The number of nitrogens with zero attached hydrogens (tertiary/aromatic N) is 3. The van der Waals surface area contributed by atoms with E-state index in [2.05, 4.69) is 10.4 Å². The van der Waals surface area contributed by atoms with Gasteiger partial charge in [-0.15, -0.1) is 0 Å². The minimum absolute atomic E-state index is 0.179. The molecule has 1 fully saturated rings. The average molecular weight is 236 g/mol. The van der Waals surface area contributed by atoms with Crippen LogP contribution < -0.4 is 5.32 Å². The summed E-state index contributed by atoms with van der Waals surface area (Å²) in [6.07, 6.45) is 3.48. The molecule has 0 bridgehead atoms. The van der Waals surface area contributed by atoms with Crippen molar-refractivity contribution in [2.75, 3.05) is 13.1 Å². The number of hydrogen-bond acceptors (Lipinski definition) is 4. The lowest BCUT2D eigenvalue weighted by atomic mass is 10.0. The normalized spacial score (nSPS) is 19.8. The molecule has 0 saturated carbocycles. The lowest BCUT2D eigenvalue weighted by molar-refractivity contribution is -0.152. The lowest BCUT2D eigenvalue weighted by Crippen LogP contribution is -2.64. The van der Waals surface area contributed by atoms with Crippen molar-refractivity contribution >= 4 is 11.8 Å². The van der Waals surface area contributed by atoms with Crippen molar-refractivity contribution in [1.82, 2.24) is 20.0 Å². The Morgan fingerprint density at radius 3 is 2.82 bits per heavy atom. The highest BCUT2D eigenvalue weighted by Crippen LogP contribution is 2.13. The summed E-state index contributed by atoms with van der Waals surface area (Å²) in [5, 5.41) is 6.96. The fourth-order valence-corrected chi connectivity index (χ4v) is 1.78. The molecule has 2 rings (SSSR count). The molecule has 1 saturated heterocycles. The smallest absolute Gasteiger partial charge is 0.249 e. The zero-order valence-electron chi connectivity index (χ0n) is 10.0. The van der Waals surface area contributed by atoms with Crippen LogP contribution in [0.4, 0.5) is 0 Å². The van der Waals surface area contributed by atoms with E-state index in [0.29, 0.717) is 13.1 Å². The molecule has 1 aromatic rings. The van der Waals surface area contributed by atoms with Crippen LogP contribution in [0.3, 0.4) is 0 Å². The molecule has 0 aliphatic carbocycles. The van der Waals surface area contributed by atoms with Crippen molar-refractivity contribution < 1.29 is 9.59 Å². The first-order valence-electron chi connectivity index (χ1n) is 5.58. The van der Waals surface area contributed by atoms with E-state index in [9.17, 15) is 9.59 Å². The molecule has 1 N–H and O–H groups in total. The van der Waals surface area contributed by atoms with Crippen LogP contribution in [0.15, 0.2) is 18.5 Å². The first kappa shape index (κ1) is 11.8. The van der Waals surface area contributed by atoms with Crippen LogP contribution in [0.25, 0.3) is 0 Å². The van der Waals surface area contributed by atoms with E-state index >= 15 is 0 Å². The predicted octanol–water partition coefficient (Wildman–Crippen LogP) is -0.380. The summed E-state index contributed by atoms with van der Waals surface area (Å²) in [7, 11) is 0. The summed E-state index contributed by atoms with van der Waals surface area (Å²) in [6, 6.07) is 1.81. The quantitative estimate of drug-likeness (QED) is 0.726. The van der Waals surface area contributed by atoms with Gasteiger partial charge in [0.2, 0.25) is 11.8 Å². The molecule has 0 radical (unpaired) electrons. The van der Waals surface area contributed by atoms with Gasteiger partial charge in [0.25, 0.3) is 0 Å². The third kappa shape index (κ3) is 2.36. The van der Waals surface area contributed by atoms with Crippen LogP contribution in [0, 0.1) is 0 Å². The fraction of sp³-hybridized carbons (Fsp3) is 0.545. The number of aromatic nitrogens is 2. The van der Waals surface area contributed by atoms with E-state index in [1.807, 2.05) is 12.3 Å². The number of nitrogens with one attached hydrogen (secondary N) is 1. The summed E-state index contributed by atoms with van der Waals surface area (Å²) >= 11 is 0. The van der Waals surface area contributed by atoms with Crippen LogP contribution in [0.2, 0.25) is 0 Å². The number of piperazine rings is 1. The van der Waals surface area contributed by atoms with Gasteiger partial charge in [0.15, 0.2) is 0 Å². The van der Waals surface area contributed by atoms with E-state index in [1.165, 1.54) is 4.90 Å². The Balaban J connectivity index is 2.03. The average Bonchev–Trinajstić information content (AvgIpc) is 2.77. The van der Waals surface area contributed by atoms with Crippen LogP contribution in [-0.4, -0.2) is 45.1 Å². The molecule has 0 atom stereocenters. The second-order valence-corrected chi connectivity index (χ2v) is 4.60. The number of imide groups is 1. The van der Waals surface area contributed by atoms with Crippen molar-refractivity contribution in [2.45, 2.75) is 25.9 Å². The van der Waals surface area contributed by atoms with Gasteiger partial charge in [-0.3, -0.25) is 24.5 Å². The van der Waals surface area contributed by atoms with Crippen LogP contribution in [0.5, 0.6) is 0 Å². The summed E-state index contributed by atoms with van der Waals surface area (Å²) in [4.78, 5) is 25.0. The molecule has 0 spiro atoms. The Bertz CT molecular complexity index is 425. The maximum Gasteiger partial charge on any atom is 0.249 e. The molecule has 1 aromatic heterocycles. The van der Waals surface area contributed by atoms with Gasteiger partial charge >= 0.3 is 0 Å². The van der Waals surface area contributed by atoms with Gasteiger partial charge in [0.05, 0.1) is 18.6 Å². The van der Waals surface area contributed by atoms with Crippen LogP contribution >= 0.6 is 0 Å². The maximum absolute atomic E-state index is 12.0. The van der Waals surface area contributed by atoms with Gasteiger partial charge in [-0.2, -0.15) is 5.10 Å². The molecule has 2 heterocycles. The van der Waals surface area contributed by atoms with Crippen molar-refractivity contribution in [2.24, 2.45) is 0 Å². The van der Waals surface area contributed by atoms with Gasteiger partial charge in [0, 0.05) is 18.9 Å². The standard InChI is InChI=1S/C11H16N4O2/c1-11(2)10(17)15(9(16)8-12-11)7-6-14-5-3-4-13-14/h3-5,12H,6-8H2,1-2H3. The highest BCUT2D eigenvalue weighted by molar-refractivity contribution is 6.02. The first-order chi connectivity index (χ1) is 8.00. The molecule has 2 amide bonds. The van der Waals surface area contributed by atoms with Crippen molar-refractivity contribution in [3.63, 3.8) is 0 Å². The molecule has 0 aromatic carbocycles. The highest BCUT2D eigenvalue weighted by atomic mass is 16.2. The SMILES string of the molecule is CC1(C)NCC(=O)N(CCn2cccn2)C1=O. The number of rotatable bonds is 3. The summed E-state index contributed by atoms with van der Waals surface area (Å²) < 4.78 is 1.70. The predicted molar refractivity (Wildman–Crippen MR) is 61.0 cm³/mol. The Morgan fingerprint density at radius 1 is 1.41 bits per heavy atom. The third-order valence-corrected chi connectivity index (χ3v) is 2.87. The minimum atomic E-state index is -0.669. The third-order valence-electron chi connectivity index (χ3n) is 2.87. The largest absolute Gasteiger partial charge is 0.295 e. The number of hydrogen-bond donors (Lipinski definition) is 1. The van der Waals surface area contributed by atoms with Gasteiger partial charge < -0.3 is 0 Å². The lowest BCUT2D eigenvalue weighted by Gasteiger charge is -2.36. The van der Waals surface area contributed by atoms with Crippen LogP contribution in [0.1, 0.15) is 13.8 Å². The molecule has 6 heteroatoms. The summed E-state index contributed by atoms with van der Waals surface area (Å²) in [5.74, 6) is -0.359. The van der Waals surface area contributed by atoms with Crippen LogP contribution in [-0.2, 0) is 16.1 Å². The first-order valence-corrected chi connectivity index (χ1v) is 5.58. The van der Waals surface area contributed by atoms with E-state index in [1.54, 1.807) is 24.7 Å². The fourth-order valence-electron chi connectivity index (χ4n) is 1.78. The second-order valence-electron chi connectivity index (χ2n) is 4.60. The molecular weight excluding hydrogens is 220 g/mol. The Labute approximate surface area is 99.6 Å². The highest BCUT2D eigenvalue weighted by Gasteiger charge is 2.39. The second kappa shape index (κ2) is 4.29. The molecule has 6 nitrogen and oxygen atoms in total. The van der Waals surface area contributed by atoms with Crippen molar-refractivity contribution in [3.8, 4) is 0 Å². The Hall–Kier alpha value is -1.69. The zero-order valence-corrected chi connectivity index (χ0v) is 10.0. The zero-order chi connectivity index (χ0) is 12.5. The van der Waals surface area contributed by atoms with Gasteiger partial charge in [-0.1, -0.05) is 0 Å². The van der Waals surface area contributed by atoms with Crippen molar-refractivity contribution in [3.05, 3.63) is 18.5 Å². The summed E-state index contributed by atoms with van der Waals surface area (Å²) in [6.45, 7) is 4.66. The number of carbonyl (C=O) groups is 2. The van der Waals surface area contributed by atoms with E-state index in [-0.39, 0.29) is 18.4 Å². The molecule has 17 heavy (non-hydrogen) atoms. The molecule has 92 valence electrons. The molecule has 0 unspecified atom stereocenters. The molecular formula is C11H16N4O2. The molecule has 1 aliphatic rings. The van der Waals surface area contributed by atoms with E-state index in [0.717, 1.165) is 0 Å².